The summed E-state index contributed by atoms with van der Waals surface area (Å²) in [5.41, 5.74) is 2.43. The summed E-state index contributed by atoms with van der Waals surface area (Å²) in [4.78, 5) is 0. The summed E-state index contributed by atoms with van der Waals surface area (Å²) in [7, 11) is 0. The highest BCUT2D eigenvalue weighted by Gasteiger charge is 2.18. The van der Waals surface area contributed by atoms with Gasteiger partial charge in [0.15, 0.2) is 0 Å². The Morgan fingerprint density at radius 3 is 2.88 bits per heavy atom. The number of fused-ring (bicyclic) bond motifs is 1. The number of aromatic amines is 1. The zero-order valence-electron chi connectivity index (χ0n) is 9.52. The van der Waals surface area contributed by atoms with Crippen LogP contribution in [0.25, 0.3) is 10.9 Å². The summed E-state index contributed by atoms with van der Waals surface area (Å²) in [5.74, 6) is 0.321. The third-order valence-electron chi connectivity index (χ3n) is 2.88. The van der Waals surface area contributed by atoms with Gasteiger partial charge in [-0.15, -0.1) is 11.6 Å². The van der Waals surface area contributed by atoms with E-state index < -0.39 is 12.2 Å². The van der Waals surface area contributed by atoms with Gasteiger partial charge in [0.2, 0.25) is 0 Å². The van der Waals surface area contributed by atoms with E-state index in [0.29, 0.717) is 17.9 Å². The van der Waals surface area contributed by atoms with E-state index in [1.165, 1.54) is 0 Å². The van der Waals surface area contributed by atoms with Gasteiger partial charge in [-0.25, -0.2) is 0 Å². The Morgan fingerprint density at radius 1 is 1.41 bits per heavy atom. The highest BCUT2D eigenvalue weighted by atomic mass is 35.5. The minimum atomic E-state index is -0.921. The number of aryl methyl sites for hydroxylation is 1. The second-order valence-corrected chi connectivity index (χ2v) is 4.49. The largest absolute Gasteiger partial charge is 0.390 e. The molecule has 2 atom stereocenters. The Balaban J connectivity index is 2.29. The molecular weight excluding hydrogens is 240 g/mol. The van der Waals surface area contributed by atoms with E-state index in [0.717, 1.165) is 16.6 Å². The van der Waals surface area contributed by atoms with E-state index in [2.05, 4.69) is 10.2 Å². The number of nitrogens with one attached hydrogen (secondary N) is 1. The summed E-state index contributed by atoms with van der Waals surface area (Å²) in [6.07, 6.45) is -1.40. The second kappa shape index (κ2) is 5.04. The number of rotatable bonds is 4. The van der Waals surface area contributed by atoms with Crippen LogP contribution in [0.15, 0.2) is 18.2 Å². The number of hydrogen-bond acceptors (Lipinski definition) is 3. The number of aliphatic hydroxyl groups is 2. The lowest BCUT2D eigenvalue weighted by molar-refractivity contribution is 0.0171. The lowest BCUT2D eigenvalue weighted by atomic mass is 10.0. The standard InChI is InChI=1S/C12H15ClN2O2/c1-7-9-3-2-8(6-10(9)15-14-7)12(17)11(16)4-5-13/h2-3,6,11-12,16-17H,4-5H2,1H3,(H,14,15). The molecule has 92 valence electrons. The van der Waals surface area contributed by atoms with E-state index in [9.17, 15) is 10.2 Å². The van der Waals surface area contributed by atoms with E-state index in [-0.39, 0.29) is 0 Å². The minimum absolute atomic E-state index is 0.321. The maximum Gasteiger partial charge on any atom is 0.105 e. The van der Waals surface area contributed by atoms with Gasteiger partial charge in [-0.3, -0.25) is 5.10 Å². The van der Waals surface area contributed by atoms with E-state index in [4.69, 9.17) is 11.6 Å². The van der Waals surface area contributed by atoms with Gasteiger partial charge < -0.3 is 10.2 Å². The predicted octanol–water partition coefficient (Wildman–Crippen LogP) is 1.89. The molecule has 0 aliphatic rings. The van der Waals surface area contributed by atoms with Crippen molar-refractivity contribution in [1.82, 2.24) is 10.2 Å². The molecule has 0 aliphatic carbocycles. The molecule has 2 unspecified atom stereocenters. The number of aliphatic hydroxyl groups excluding tert-OH is 2. The normalized spacial score (nSPS) is 15.1. The number of nitrogens with zero attached hydrogens (tertiary/aromatic N) is 1. The summed E-state index contributed by atoms with van der Waals surface area (Å²) in [6, 6.07) is 5.47. The number of aromatic nitrogens is 2. The van der Waals surface area contributed by atoms with Crippen molar-refractivity contribution < 1.29 is 10.2 Å². The van der Waals surface area contributed by atoms with Gasteiger partial charge in [0.25, 0.3) is 0 Å². The number of benzene rings is 1. The average molecular weight is 255 g/mol. The highest BCUT2D eigenvalue weighted by molar-refractivity contribution is 6.17. The van der Waals surface area contributed by atoms with Gasteiger partial charge in [-0.1, -0.05) is 12.1 Å². The highest BCUT2D eigenvalue weighted by Crippen LogP contribution is 2.24. The fourth-order valence-corrected chi connectivity index (χ4v) is 2.06. The van der Waals surface area contributed by atoms with E-state index in [1.807, 2.05) is 13.0 Å². The lowest BCUT2D eigenvalue weighted by Crippen LogP contribution is -2.18. The van der Waals surface area contributed by atoms with Crippen LogP contribution in [0.4, 0.5) is 0 Å². The van der Waals surface area contributed by atoms with Crippen molar-refractivity contribution >= 4 is 22.5 Å². The van der Waals surface area contributed by atoms with Crippen molar-refractivity contribution in [3.63, 3.8) is 0 Å². The fourth-order valence-electron chi connectivity index (χ4n) is 1.84. The molecule has 0 bridgehead atoms. The summed E-state index contributed by atoms with van der Waals surface area (Å²) < 4.78 is 0. The van der Waals surface area contributed by atoms with Gasteiger partial charge in [0.05, 0.1) is 11.6 Å². The molecule has 4 nitrogen and oxygen atoms in total. The van der Waals surface area contributed by atoms with Crippen molar-refractivity contribution in [2.75, 3.05) is 5.88 Å². The third kappa shape index (κ3) is 2.44. The van der Waals surface area contributed by atoms with Gasteiger partial charge in [0.1, 0.15) is 6.10 Å². The number of H-pyrrole nitrogens is 1. The molecule has 0 spiro atoms. The smallest absolute Gasteiger partial charge is 0.105 e. The van der Waals surface area contributed by atoms with Crippen molar-refractivity contribution in [3.05, 3.63) is 29.5 Å². The van der Waals surface area contributed by atoms with Crippen molar-refractivity contribution in [2.45, 2.75) is 25.6 Å². The molecule has 0 saturated heterocycles. The molecular formula is C12H15ClN2O2. The molecule has 0 amide bonds. The maximum absolute atomic E-state index is 9.94. The molecule has 1 aromatic carbocycles. The first-order valence-electron chi connectivity index (χ1n) is 5.50. The number of alkyl halides is 1. The predicted molar refractivity (Wildman–Crippen MR) is 67.1 cm³/mol. The maximum atomic E-state index is 9.94. The summed E-state index contributed by atoms with van der Waals surface area (Å²) in [5, 5.41) is 27.7. The topological polar surface area (TPSA) is 69.1 Å². The molecule has 3 N–H and O–H groups in total. The Labute approximate surface area is 104 Å². The zero-order valence-corrected chi connectivity index (χ0v) is 10.3. The van der Waals surface area contributed by atoms with E-state index in [1.54, 1.807) is 12.1 Å². The molecule has 5 heteroatoms. The minimum Gasteiger partial charge on any atom is -0.390 e. The first-order valence-corrected chi connectivity index (χ1v) is 6.03. The van der Waals surface area contributed by atoms with Gasteiger partial charge in [-0.2, -0.15) is 5.10 Å². The van der Waals surface area contributed by atoms with Crippen LogP contribution in [0.5, 0.6) is 0 Å². The van der Waals surface area contributed by atoms with Crippen molar-refractivity contribution in [2.24, 2.45) is 0 Å². The molecule has 2 aromatic rings. The first kappa shape index (κ1) is 12.4. The van der Waals surface area contributed by atoms with Crippen LogP contribution in [0, 0.1) is 6.92 Å². The Hall–Kier alpha value is -1.10. The lowest BCUT2D eigenvalue weighted by Gasteiger charge is -2.17. The quantitative estimate of drug-likeness (QED) is 0.730. The molecule has 1 heterocycles. The molecule has 17 heavy (non-hydrogen) atoms. The molecule has 0 saturated carbocycles. The van der Waals surface area contributed by atoms with Crippen LogP contribution in [-0.2, 0) is 0 Å². The summed E-state index contributed by atoms with van der Waals surface area (Å²) in [6.45, 7) is 1.94. The molecule has 0 fully saturated rings. The number of halogens is 1. The van der Waals surface area contributed by atoms with Crippen LogP contribution >= 0.6 is 11.6 Å². The van der Waals surface area contributed by atoms with Crippen LogP contribution in [0.1, 0.15) is 23.8 Å². The molecule has 0 radical (unpaired) electrons. The van der Waals surface area contributed by atoms with Gasteiger partial charge in [-0.05, 0) is 25.0 Å². The Morgan fingerprint density at radius 2 is 2.18 bits per heavy atom. The first-order chi connectivity index (χ1) is 8.13. The molecule has 2 rings (SSSR count). The van der Waals surface area contributed by atoms with Crippen LogP contribution in [0.2, 0.25) is 0 Å². The van der Waals surface area contributed by atoms with Crippen molar-refractivity contribution in [3.8, 4) is 0 Å². The second-order valence-electron chi connectivity index (χ2n) is 4.12. The summed E-state index contributed by atoms with van der Waals surface area (Å²) >= 11 is 5.54. The monoisotopic (exact) mass is 254 g/mol. The van der Waals surface area contributed by atoms with Gasteiger partial charge in [0, 0.05) is 17.0 Å². The van der Waals surface area contributed by atoms with E-state index >= 15 is 0 Å². The zero-order chi connectivity index (χ0) is 12.4. The Bertz CT molecular complexity index is 512. The van der Waals surface area contributed by atoms with Gasteiger partial charge >= 0.3 is 0 Å². The van der Waals surface area contributed by atoms with Crippen LogP contribution in [-0.4, -0.2) is 32.4 Å². The molecule has 0 aliphatic heterocycles. The fraction of sp³-hybridized carbons (Fsp3) is 0.417. The van der Waals surface area contributed by atoms with Crippen LogP contribution < -0.4 is 0 Å². The number of hydrogen-bond donors (Lipinski definition) is 3. The SMILES string of the molecule is Cc1[nH]nc2cc(C(O)C(O)CCCl)ccc12. The van der Waals surface area contributed by atoms with Crippen molar-refractivity contribution in [1.29, 1.82) is 0 Å². The molecule has 1 aromatic heterocycles. The Kier molecular flexibility index (Phi) is 3.66. The third-order valence-corrected chi connectivity index (χ3v) is 3.10. The van der Waals surface area contributed by atoms with Crippen LogP contribution in [0.3, 0.4) is 0 Å². The average Bonchev–Trinajstić information content (AvgIpc) is 2.70.